The average molecular weight is 194 g/mol. The predicted molar refractivity (Wildman–Crippen MR) is 57.8 cm³/mol. The van der Waals surface area contributed by atoms with E-state index in [0.717, 1.165) is 16.9 Å². The topological polar surface area (TPSA) is 29.5 Å². The summed E-state index contributed by atoms with van der Waals surface area (Å²) < 4.78 is 5.49. The molecule has 1 atom stereocenters. The van der Waals surface area contributed by atoms with Gasteiger partial charge in [-0.15, -0.1) is 0 Å². The van der Waals surface area contributed by atoms with Crippen LogP contribution in [0.3, 0.4) is 0 Å². The lowest BCUT2D eigenvalue weighted by Gasteiger charge is -2.12. The summed E-state index contributed by atoms with van der Waals surface area (Å²) in [6, 6.07) is 6.09. The second-order valence-corrected chi connectivity index (χ2v) is 3.54. The smallest absolute Gasteiger partial charge is 0.122 e. The van der Waals surface area contributed by atoms with Gasteiger partial charge in [-0.05, 0) is 31.0 Å². The number of aryl methyl sites for hydroxylation is 1. The molecular weight excluding hydrogens is 176 g/mol. The molecule has 0 heterocycles. The molecule has 0 aromatic heterocycles. The molecule has 1 aromatic rings. The summed E-state index contributed by atoms with van der Waals surface area (Å²) in [5.74, 6) is 1.10. The fourth-order valence-corrected chi connectivity index (χ4v) is 1.34. The quantitative estimate of drug-likeness (QED) is 0.798. The van der Waals surface area contributed by atoms with Gasteiger partial charge in [0.2, 0.25) is 0 Å². The minimum Gasteiger partial charge on any atom is -0.494 e. The number of hydrogen-bond donors (Lipinski definition) is 1. The third-order valence-electron chi connectivity index (χ3n) is 2.35. The molecule has 0 bridgehead atoms. The lowest BCUT2D eigenvalue weighted by atomic mass is 10.0. The summed E-state index contributed by atoms with van der Waals surface area (Å²) >= 11 is 0. The molecule has 0 saturated heterocycles. The number of rotatable bonds is 4. The van der Waals surface area contributed by atoms with Gasteiger partial charge in [-0.25, -0.2) is 0 Å². The highest BCUT2D eigenvalue weighted by Gasteiger charge is 2.06. The van der Waals surface area contributed by atoms with Gasteiger partial charge < -0.3 is 9.84 Å². The minimum absolute atomic E-state index is 0.175. The van der Waals surface area contributed by atoms with Crippen LogP contribution < -0.4 is 4.74 Å². The zero-order valence-electron chi connectivity index (χ0n) is 9.08. The molecule has 0 spiro atoms. The Kier molecular flexibility index (Phi) is 3.96. The molecule has 0 radical (unpaired) electrons. The average Bonchev–Trinajstić information content (AvgIpc) is 2.20. The summed E-state index contributed by atoms with van der Waals surface area (Å²) in [6.07, 6.45) is 0. The van der Waals surface area contributed by atoms with Gasteiger partial charge in [-0.2, -0.15) is 0 Å². The largest absolute Gasteiger partial charge is 0.494 e. The van der Waals surface area contributed by atoms with Gasteiger partial charge in [0.15, 0.2) is 0 Å². The van der Waals surface area contributed by atoms with Gasteiger partial charge in [0, 0.05) is 12.5 Å². The van der Waals surface area contributed by atoms with Gasteiger partial charge in [0.05, 0.1) is 6.61 Å². The van der Waals surface area contributed by atoms with Crippen molar-refractivity contribution in [2.45, 2.75) is 26.7 Å². The number of aliphatic hydroxyl groups is 1. The fraction of sp³-hybridized carbons (Fsp3) is 0.500. The zero-order valence-corrected chi connectivity index (χ0v) is 9.08. The van der Waals surface area contributed by atoms with Gasteiger partial charge in [0.1, 0.15) is 5.75 Å². The maximum Gasteiger partial charge on any atom is 0.122 e. The Morgan fingerprint density at radius 2 is 2.14 bits per heavy atom. The van der Waals surface area contributed by atoms with Crippen LogP contribution in [0.2, 0.25) is 0 Å². The van der Waals surface area contributed by atoms with E-state index < -0.39 is 0 Å². The van der Waals surface area contributed by atoms with Crippen LogP contribution in [-0.2, 0) is 0 Å². The van der Waals surface area contributed by atoms with E-state index in [1.165, 1.54) is 0 Å². The highest BCUT2D eigenvalue weighted by atomic mass is 16.5. The predicted octanol–water partition coefficient (Wildman–Crippen LogP) is 2.49. The van der Waals surface area contributed by atoms with E-state index in [1.807, 2.05) is 39.0 Å². The van der Waals surface area contributed by atoms with Gasteiger partial charge in [-0.3, -0.25) is 0 Å². The number of aliphatic hydroxyl groups excluding tert-OH is 1. The molecule has 0 amide bonds. The maximum absolute atomic E-state index is 9.04. The monoisotopic (exact) mass is 194 g/mol. The normalized spacial score (nSPS) is 12.6. The Hall–Kier alpha value is -1.02. The zero-order chi connectivity index (χ0) is 10.6. The van der Waals surface area contributed by atoms with Crippen molar-refractivity contribution in [3.05, 3.63) is 29.3 Å². The summed E-state index contributed by atoms with van der Waals surface area (Å²) in [6.45, 7) is 6.85. The lowest BCUT2D eigenvalue weighted by molar-refractivity contribution is 0.272. The summed E-state index contributed by atoms with van der Waals surface area (Å²) in [5, 5.41) is 9.04. The van der Waals surface area contributed by atoms with Crippen LogP contribution in [0.15, 0.2) is 18.2 Å². The van der Waals surface area contributed by atoms with Crippen LogP contribution >= 0.6 is 0 Å². The molecular formula is C12H18O2. The summed E-state index contributed by atoms with van der Waals surface area (Å²) in [4.78, 5) is 0. The van der Waals surface area contributed by atoms with E-state index in [1.54, 1.807) is 0 Å². The Labute approximate surface area is 85.5 Å². The van der Waals surface area contributed by atoms with Crippen LogP contribution in [0.1, 0.15) is 30.9 Å². The molecule has 2 heteroatoms. The van der Waals surface area contributed by atoms with E-state index in [-0.39, 0.29) is 12.5 Å². The second-order valence-electron chi connectivity index (χ2n) is 3.54. The fourth-order valence-electron chi connectivity index (χ4n) is 1.34. The van der Waals surface area contributed by atoms with E-state index in [9.17, 15) is 0 Å². The summed E-state index contributed by atoms with van der Waals surface area (Å²) in [7, 11) is 0. The van der Waals surface area contributed by atoms with E-state index in [4.69, 9.17) is 9.84 Å². The highest BCUT2D eigenvalue weighted by molar-refractivity contribution is 5.37. The Morgan fingerprint density at radius 3 is 2.71 bits per heavy atom. The number of benzene rings is 1. The molecule has 0 aliphatic rings. The van der Waals surface area contributed by atoms with Crippen molar-refractivity contribution in [3.8, 4) is 5.75 Å². The van der Waals surface area contributed by atoms with Crippen LogP contribution in [0.4, 0.5) is 0 Å². The first-order chi connectivity index (χ1) is 6.69. The van der Waals surface area contributed by atoms with Gasteiger partial charge in [-0.1, -0.05) is 19.1 Å². The number of ether oxygens (including phenoxy) is 1. The molecule has 78 valence electrons. The van der Waals surface area contributed by atoms with E-state index in [0.29, 0.717) is 6.61 Å². The Bertz CT molecular complexity index is 294. The SMILES string of the molecule is CCOc1cc(C(C)CO)ccc1C. The van der Waals surface area contributed by atoms with Crippen LogP contribution in [0.5, 0.6) is 5.75 Å². The molecule has 14 heavy (non-hydrogen) atoms. The minimum atomic E-state index is 0.175. The van der Waals surface area contributed by atoms with Crippen molar-refractivity contribution < 1.29 is 9.84 Å². The molecule has 1 unspecified atom stereocenters. The molecule has 0 fully saturated rings. The highest BCUT2D eigenvalue weighted by Crippen LogP contribution is 2.24. The molecule has 1 rings (SSSR count). The van der Waals surface area contributed by atoms with Crippen LogP contribution in [0, 0.1) is 6.92 Å². The third-order valence-corrected chi connectivity index (χ3v) is 2.35. The molecule has 0 aliphatic heterocycles. The van der Waals surface area contributed by atoms with Crippen molar-refractivity contribution in [2.24, 2.45) is 0 Å². The van der Waals surface area contributed by atoms with Crippen LogP contribution in [0.25, 0.3) is 0 Å². The molecule has 1 N–H and O–H groups in total. The summed E-state index contributed by atoms with van der Waals surface area (Å²) in [5.41, 5.74) is 2.27. The Balaban J connectivity index is 2.93. The van der Waals surface area contributed by atoms with E-state index >= 15 is 0 Å². The first-order valence-corrected chi connectivity index (χ1v) is 5.03. The lowest BCUT2D eigenvalue weighted by Crippen LogP contribution is -2.01. The van der Waals surface area contributed by atoms with Crippen LogP contribution in [-0.4, -0.2) is 18.3 Å². The van der Waals surface area contributed by atoms with Crippen molar-refractivity contribution >= 4 is 0 Å². The Morgan fingerprint density at radius 1 is 1.43 bits per heavy atom. The van der Waals surface area contributed by atoms with Crippen molar-refractivity contribution in [1.82, 2.24) is 0 Å². The molecule has 0 saturated carbocycles. The molecule has 2 nitrogen and oxygen atoms in total. The van der Waals surface area contributed by atoms with Crippen molar-refractivity contribution in [3.63, 3.8) is 0 Å². The van der Waals surface area contributed by atoms with Crippen molar-refractivity contribution in [2.75, 3.05) is 13.2 Å². The molecule has 1 aromatic carbocycles. The van der Waals surface area contributed by atoms with Crippen molar-refractivity contribution in [1.29, 1.82) is 0 Å². The van der Waals surface area contributed by atoms with Gasteiger partial charge >= 0.3 is 0 Å². The van der Waals surface area contributed by atoms with Gasteiger partial charge in [0.25, 0.3) is 0 Å². The molecule has 0 aliphatic carbocycles. The standard InChI is InChI=1S/C12H18O2/c1-4-14-12-7-11(10(3)8-13)6-5-9(12)2/h5-7,10,13H,4,8H2,1-3H3. The van der Waals surface area contributed by atoms with E-state index in [2.05, 4.69) is 0 Å². The first-order valence-electron chi connectivity index (χ1n) is 5.03. The number of hydrogen-bond acceptors (Lipinski definition) is 2. The second kappa shape index (κ2) is 5.01. The first kappa shape index (κ1) is 11.1. The maximum atomic E-state index is 9.04. The third kappa shape index (κ3) is 2.48.